The van der Waals surface area contributed by atoms with Crippen LogP contribution in [0.5, 0.6) is 0 Å². The van der Waals surface area contributed by atoms with Gasteiger partial charge in [-0.05, 0) is 24.6 Å². The van der Waals surface area contributed by atoms with Crippen molar-refractivity contribution in [1.82, 2.24) is 0 Å². The smallest absolute Gasteiger partial charge is 0.0872 e. The molecule has 0 bridgehead atoms. The van der Waals surface area contributed by atoms with Gasteiger partial charge in [0.2, 0.25) is 0 Å². The zero-order chi connectivity index (χ0) is 11.5. The van der Waals surface area contributed by atoms with Gasteiger partial charge >= 0.3 is 0 Å². The summed E-state index contributed by atoms with van der Waals surface area (Å²) in [7, 11) is 0. The van der Waals surface area contributed by atoms with Gasteiger partial charge in [-0.1, -0.05) is 17.7 Å². The molecule has 16 heavy (non-hydrogen) atoms. The van der Waals surface area contributed by atoms with Gasteiger partial charge in [0.05, 0.1) is 12.7 Å². The Morgan fingerprint density at radius 2 is 2.38 bits per heavy atom. The molecule has 88 valence electrons. The SMILES string of the molecule is Cc1c(Cl)cccc1N1CCOC(CN)C1. The van der Waals surface area contributed by atoms with Crippen LogP contribution in [0.15, 0.2) is 18.2 Å². The molecule has 4 heteroatoms. The van der Waals surface area contributed by atoms with Crippen LogP contribution < -0.4 is 10.6 Å². The summed E-state index contributed by atoms with van der Waals surface area (Å²) >= 11 is 6.12. The van der Waals surface area contributed by atoms with Crippen molar-refractivity contribution in [2.24, 2.45) is 5.73 Å². The maximum atomic E-state index is 6.12. The van der Waals surface area contributed by atoms with Gasteiger partial charge < -0.3 is 15.4 Å². The molecular formula is C12H17ClN2O. The Kier molecular flexibility index (Phi) is 3.69. The number of halogens is 1. The van der Waals surface area contributed by atoms with Crippen LogP contribution >= 0.6 is 11.6 Å². The molecule has 0 radical (unpaired) electrons. The van der Waals surface area contributed by atoms with E-state index in [9.17, 15) is 0 Å². The van der Waals surface area contributed by atoms with Gasteiger partial charge in [-0.25, -0.2) is 0 Å². The Morgan fingerprint density at radius 3 is 3.12 bits per heavy atom. The van der Waals surface area contributed by atoms with Crippen LogP contribution in [0.25, 0.3) is 0 Å². The van der Waals surface area contributed by atoms with Crippen molar-refractivity contribution < 1.29 is 4.74 Å². The minimum atomic E-state index is 0.132. The zero-order valence-corrected chi connectivity index (χ0v) is 10.2. The lowest BCUT2D eigenvalue weighted by Gasteiger charge is -2.35. The molecule has 3 nitrogen and oxygen atoms in total. The third-order valence-corrected chi connectivity index (χ3v) is 3.39. The van der Waals surface area contributed by atoms with Gasteiger partial charge in [0.15, 0.2) is 0 Å². The quantitative estimate of drug-likeness (QED) is 0.857. The summed E-state index contributed by atoms with van der Waals surface area (Å²) in [6.45, 7) is 5.09. The molecule has 0 saturated carbocycles. The van der Waals surface area contributed by atoms with Crippen LogP contribution in [0, 0.1) is 6.92 Å². The largest absolute Gasteiger partial charge is 0.373 e. The minimum Gasteiger partial charge on any atom is -0.373 e. The van der Waals surface area contributed by atoms with E-state index in [1.807, 2.05) is 19.1 Å². The lowest BCUT2D eigenvalue weighted by molar-refractivity contribution is 0.0465. The van der Waals surface area contributed by atoms with E-state index in [-0.39, 0.29) is 6.10 Å². The predicted octanol–water partition coefficient (Wildman–Crippen LogP) is 1.81. The molecule has 0 aliphatic carbocycles. The zero-order valence-electron chi connectivity index (χ0n) is 9.45. The normalized spacial score (nSPS) is 21.2. The van der Waals surface area contributed by atoms with Crippen molar-refractivity contribution >= 4 is 17.3 Å². The van der Waals surface area contributed by atoms with Gasteiger partial charge in [0, 0.05) is 30.3 Å². The van der Waals surface area contributed by atoms with Gasteiger partial charge in [0.1, 0.15) is 0 Å². The lowest BCUT2D eigenvalue weighted by Crippen LogP contribution is -2.45. The van der Waals surface area contributed by atoms with Crippen molar-refractivity contribution in [3.63, 3.8) is 0 Å². The molecule has 1 atom stereocenters. The summed E-state index contributed by atoms with van der Waals surface area (Å²) in [4.78, 5) is 2.29. The highest BCUT2D eigenvalue weighted by Crippen LogP contribution is 2.27. The van der Waals surface area contributed by atoms with E-state index in [0.717, 1.165) is 30.3 Å². The van der Waals surface area contributed by atoms with Gasteiger partial charge in [-0.2, -0.15) is 0 Å². The van der Waals surface area contributed by atoms with Crippen molar-refractivity contribution in [1.29, 1.82) is 0 Å². The summed E-state index contributed by atoms with van der Waals surface area (Å²) in [5.74, 6) is 0. The molecule has 1 fully saturated rings. The lowest BCUT2D eigenvalue weighted by atomic mass is 10.1. The number of hydrogen-bond donors (Lipinski definition) is 1. The van der Waals surface area contributed by atoms with Crippen molar-refractivity contribution in [3.05, 3.63) is 28.8 Å². The number of rotatable bonds is 2. The second kappa shape index (κ2) is 5.04. The van der Waals surface area contributed by atoms with Crippen LogP contribution in [0.1, 0.15) is 5.56 Å². The molecule has 1 aromatic carbocycles. The van der Waals surface area contributed by atoms with E-state index >= 15 is 0 Å². The van der Waals surface area contributed by atoms with Crippen molar-refractivity contribution in [3.8, 4) is 0 Å². The maximum Gasteiger partial charge on any atom is 0.0872 e. The number of nitrogens with zero attached hydrogens (tertiary/aromatic N) is 1. The third kappa shape index (κ3) is 2.32. The molecule has 1 heterocycles. The van der Waals surface area contributed by atoms with Crippen molar-refractivity contribution in [2.75, 3.05) is 31.1 Å². The van der Waals surface area contributed by atoms with Gasteiger partial charge in [-0.15, -0.1) is 0 Å². The summed E-state index contributed by atoms with van der Waals surface area (Å²) < 4.78 is 5.55. The first-order chi connectivity index (χ1) is 7.72. The summed E-state index contributed by atoms with van der Waals surface area (Å²) in [6, 6.07) is 6.00. The molecule has 2 rings (SSSR count). The highest BCUT2D eigenvalue weighted by molar-refractivity contribution is 6.31. The van der Waals surface area contributed by atoms with Crippen LogP contribution in [-0.2, 0) is 4.74 Å². The number of benzene rings is 1. The molecule has 0 spiro atoms. The Labute approximate surface area is 101 Å². The Bertz CT molecular complexity index is 370. The second-order valence-corrected chi connectivity index (χ2v) is 4.47. The van der Waals surface area contributed by atoms with E-state index in [2.05, 4.69) is 11.0 Å². The van der Waals surface area contributed by atoms with Crippen LogP contribution in [0.2, 0.25) is 5.02 Å². The first kappa shape index (κ1) is 11.7. The number of nitrogens with two attached hydrogens (primary N) is 1. The molecular weight excluding hydrogens is 224 g/mol. The van der Waals surface area contributed by atoms with Gasteiger partial charge in [0.25, 0.3) is 0 Å². The first-order valence-corrected chi connectivity index (χ1v) is 5.92. The maximum absolute atomic E-state index is 6.12. The second-order valence-electron chi connectivity index (χ2n) is 4.06. The fraction of sp³-hybridized carbons (Fsp3) is 0.500. The van der Waals surface area contributed by atoms with E-state index in [1.54, 1.807) is 0 Å². The van der Waals surface area contributed by atoms with Crippen molar-refractivity contribution in [2.45, 2.75) is 13.0 Å². The number of ether oxygens (including phenoxy) is 1. The molecule has 1 aromatic rings. The van der Waals surface area contributed by atoms with Crippen LogP contribution in [0.4, 0.5) is 5.69 Å². The number of morpholine rings is 1. The van der Waals surface area contributed by atoms with E-state index in [4.69, 9.17) is 22.1 Å². The summed E-state index contributed by atoms with van der Waals surface area (Å²) in [6.07, 6.45) is 0.132. The molecule has 0 amide bonds. The molecule has 1 saturated heterocycles. The minimum absolute atomic E-state index is 0.132. The molecule has 2 N–H and O–H groups in total. The monoisotopic (exact) mass is 240 g/mol. The Morgan fingerprint density at radius 1 is 1.56 bits per heavy atom. The Balaban J connectivity index is 2.20. The van der Waals surface area contributed by atoms with E-state index < -0.39 is 0 Å². The fourth-order valence-electron chi connectivity index (χ4n) is 2.02. The molecule has 1 unspecified atom stereocenters. The number of hydrogen-bond acceptors (Lipinski definition) is 3. The predicted molar refractivity (Wildman–Crippen MR) is 67.2 cm³/mol. The third-order valence-electron chi connectivity index (χ3n) is 2.98. The molecule has 1 aliphatic heterocycles. The standard InChI is InChI=1S/C12H17ClN2O/c1-9-11(13)3-2-4-12(9)15-5-6-16-10(7-14)8-15/h2-4,10H,5-8,14H2,1H3. The highest BCUT2D eigenvalue weighted by atomic mass is 35.5. The summed E-state index contributed by atoms with van der Waals surface area (Å²) in [5, 5.41) is 0.813. The van der Waals surface area contributed by atoms with Crippen LogP contribution in [0.3, 0.4) is 0 Å². The molecule has 0 aromatic heterocycles. The topological polar surface area (TPSA) is 38.5 Å². The average Bonchev–Trinajstić information content (AvgIpc) is 2.33. The fourth-order valence-corrected chi connectivity index (χ4v) is 2.19. The molecule has 1 aliphatic rings. The average molecular weight is 241 g/mol. The number of anilines is 1. The van der Waals surface area contributed by atoms with E-state index in [1.165, 1.54) is 5.69 Å². The van der Waals surface area contributed by atoms with Gasteiger partial charge in [-0.3, -0.25) is 0 Å². The highest BCUT2D eigenvalue weighted by Gasteiger charge is 2.20. The van der Waals surface area contributed by atoms with Crippen LogP contribution in [-0.4, -0.2) is 32.3 Å². The summed E-state index contributed by atoms with van der Waals surface area (Å²) in [5.41, 5.74) is 7.95. The van der Waals surface area contributed by atoms with E-state index in [0.29, 0.717) is 6.54 Å². The Hall–Kier alpha value is -0.770. The first-order valence-electron chi connectivity index (χ1n) is 5.54.